The molecule has 1 rings (SSSR count). The Hall–Kier alpha value is -1.27. The minimum Gasteiger partial charge on any atom is -0.327 e. The smallest absolute Gasteiger partial charge is 0.327 e. The maximum atomic E-state index is 12.6. The van der Waals surface area contributed by atoms with Gasteiger partial charge in [0.05, 0.1) is 16.3 Å². The Morgan fingerprint density at radius 3 is 2.50 bits per heavy atom. The van der Waals surface area contributed by atoms with Crippen molar-refractivity contribution in [2.45, 2.75) is 32.5 Å². The molecule has 0 aliphatic rings. The van der Waals surface area contributed by atoms with E-state index in [0.29, 0.717) is 0 Å². The molecule has 0 saturated carbocycles. The zero-order valence-electron chi connectivity index (χ0n) is 11.1. The van der Waals surface area contributed by atoms with Gasteiger partial charge in [-0.25, -0.2) is 0 Å². The molecule has 1 atom stereocenters. The summed E-state index contributed by atoms with van der Waals surface area (Å²) in [4.78, 5) is 11.7. The largest absolute Gasteiger partial charge is 0.416 e. The van der Waals surface area contributed by atoms with Gasteiger partial charge in [0.15, 0.2) is 0 Å². The van der Waals surface area contributed by atoms with Crippen molar-refractivity contribution >= 4 is 23.2 Å². The molecule has 1 amide bonds. The number of rotatable bonds is 4. The summed E-state index contributed by atoms with van der Waals surface area (Å²) in [6, 6.07) is 2.40. The lowest BCUT2D eigenvalue weighted by Crippen LogP contribution is -2.31. The van der Waals surface area contributed by atoms with E-state index in [1.165, 1.54) is 0 Å². The first-order chi connectivity index (χ1) is 9.11. The fraction of sp³-hybridized carbons (Fsp3) is 0.462. The lowest BCUT2D eigenvalue weighted by molar-refractivity contribution is -0.137. The van der Waals surface area contributed by atoms with E-state index in [0.717, 1.165) is 18.2 Å². The van der Waals surface area contributed by atoms with Crippen LogP contribution < -0.4 is 11.1 Å². The molecule has 3 nitrogen and oxygen atoms in total. The zero-order valence-corrected chi connectivity index (χ0v) is 11.8. The molecule has 0 radical (unpaired) electrons. The maximum absolute atomic E-state index is 12.6. The van der Waals surface area contributed by atoms with E-state index < -0.39 is 17.6 Å². The van der Waals surface area contributed by atoms with Gasteiger partial charge in [0.1, 0.15) is 0 Å². The average molecular weight is 309 g/mol. The first kappa shape index (κ1) is 16.8. The monoisotopic (exact) mass is 308 g/mol. The minimum absolute atomic E-state index is 0.0181. The summed E-state index contributed by atoms with van der Waals surface area (Å²) in [5.41, 5.74) is 4.80. The van der Waals surface area contributed by atoms with Gasteiger partial charge in [0, 0.05) is 12.5 Å². The van der Waals surface area contributed by atoms with Gasteiger partial charge in [-0.1, -0.05) is 25.4 Å². The van der Waals surface area contributed by atoms with E-state index in [-0.39, 0.29) is 29.1 Å². The summed E-state index contributed by atoms with van der Waals surface area (Å²) in [7, 11) is 0. The molecular formula is C13H16ClF3N2O. The first-order valence-electron chi connectivity index (χ1n) is 6.03. The molecule has 1 aromatic carbocycles. The summed E-state index contributed by atoms with van der Waals surface area (Å²) >= 11 is 5.78. The highest BCUT2D eigenvalue weighted by Gasteiger charge is 2.31. The number of benzene rings is 1. The van der Waals surface area contributed by atoms with Crippen molar-refractivity contribution in [2.75, 3.05) is 5.32 Å². The highest BCUT2D eigenvalue weighted by atomic mass is 35.5. The molecule has 0 heterocycles. The summed E-state index contributed by atoms with van der Waals surface area (Å²) in [6.45, 7) is 3.71. The third-order valence-electron chi connectivity index (χ3n) is 2.85. The van der Waals surface area contributed by atoms with E-state index >= 15 is 0 Å². The number of alkyl halides is 3. The van der Waals surface area contributed by atoms with Crippen LogP contribution >= 0.6 is 11.6 Å². The molecule has 7 heteroatoms. The summed E-state index contributed by atoms with van der Waals surface area (Å²) in [6.07, 6.45) is -4.47. The van der Waals surface area contributed by atoms with Crippen molar-refractivity contribution in [3.05, 3.63) is 28.8 Å². The Morgan fingerprint density at radius 1 is 1.40 bits per heavy atom. The minimum atomic E-state index is -4.49. The number of amides is 1. The number of nitrogens with two attached hydrogens (primary N) is 1. The number of carbonyl (C=O) groups excluding carboxylic acids is 1. The fourth-order valence-electron chi connectivity index (χ4n) is 1.45. The molecule has 0 fully saturated rings. The molecule has 0 aliphatic heterocycles. The Labute approximate surface area is 120 Å². The standard InChI is InChI=1S/C13H16ClF3N2O/c1-7(2)10(18)6-12(20)19-11-5-8(13(15,16)17)3-4-9(11)14/h3-5,7,10H,6,18H2,1-2H3,(H,19,20). The lowest BCUT2D eigenvalue weighted by atomic mass is 10.0. The number of nitrogens with one attached hydrogen (secondary N) is 1. The predicted octanol–water partition coefficient (Wildman–Crippen LogP) is 3.67. The van der Waals surface area contributed by atoms with Crippen LogP contribution in [-0.4, -0.2) is 11.9 Å². The van der Waals surface area contributed by atoms with E-state index in [9.17, 15) is 18.0 Å². The number of hydrogen-bond donors (Lipinski definition) is 2. The third-order valence-corrected chi connectivity index (χ3v) is 3.17. The molecule has 1 unspecified atom stereocenters. The Morgan fingerprint density at radius 2 is 2.00 bits per heavy atom. The van der Waals surface area contributed by atoms with Gasteiger partial charge in [-0.3, -0.25) is 4.79 Å². The van der Waals surface area contributed by atoms with Gasteiger partial charge in [-0.2, -0.15) is 13.2 Å². The van der Waals surface area contributed by atoms with Gasteiger partial charge in [0.2, 0.25) is 5.91 Å². The second kappa shape index (κ2) is 6.45. The number of hydrogen-bond acceptors (Lipinski definition) is 2. The van der Waals surface area contributed by atoms with Crippen LogP contribution in [0.25, 0.3) is 0 Å². The van der Waals surface area contributed by atoms with E-state index in [4.69, 9.17) is 17.3 Å². The van der Waals surface area contributed by atoms with Crippen molar-refractivity contribution in [1.29, 1.82) is 0 Å². The normalized spacial score (nSPS) is 13.4. The van der Waals surface area contributed by atoms with Crippen molar-refractivity contribution in [3.8, 4) is 0 Å². The zero-order chi connectivity index (χ0) is 15.5. The topological polar surface area (TPSA) is 55.1 Å². The molecule has 3 N–H and O–H groups in total. The van der Waals surface area contributed by atoms with Crippen LogP contribution in [0.4, 0.5) is 18.9 Å². The Bertz CT molecular complexity index is 489. The molecule has 0 spiro atoms. The fourth-order valence-corrected chi connectivity index (χ4v) is 1.61. The highest BCUT2D eigenvalue weighted by Crippen LogP contribution is 2.33. The van der Waals surface area contributed by atoms with Gasteiger partial charge < -0.3 is 11.1 Å². The molecule has 112 valence electrons. The van der Waals surface area contributed by atoms with Crippen molar-refractivity contribution < 1.29 is 18.0 Å². The van der Waals surface area contributed by atoms with Crippen LogP contribution in [0.1, 0.15) is 25.8 Å². The van der Waals surface area contributed by atoms with Gasteiger partial charge in [-0.05, 0) is 24.1 Å². The lowest BCUT2D eigenvalue weighted by Gasteiger charge is -2.16. The van der Waals surface area contributed by atoms with Gasteiger partial charge in [-0.15, -0.1) is 0 Å². The number of halogens is 4. The van der Waals surface area contributed by atoms with E-state index in [1.54, 1.807) is 0 Å². The van der Waals surface area contributed by atoms with Crippen LogP contribution in [0.2, 0.25) is 5.02 Å². The molecular weight excluding hydrogens is 293 g/mol. The number of carbonyl (C=O) groups is 1. The summed E-state index contributed by atoms with van der Waals surface area (Å²) in [5, 5.41) is 2.40. The molecule has 1 aromatic rings. The van der Waals surface area contributed by atoms with Crippen molar-refractivity contribution in [1.82, 2.24) is 0 Å². The Kier molecular flexibility index (Phi) is 5.42. The van der Waals surface area contributed by atoms with Crippen LogP contribution in [0.5, 0.6) is 0 Å². The molecule has 0 aromatic heterocycles. The molecule has 0 saturated heterocycles. The summed E-state index contributed by atoms with van der Waals surface area (Å²) in [5.74, 6) is -0.370. The van der Waals surface area contributed by atoms with Crippen molar-refractivity contribution in [2.24, 2.45) is 11.7 Å². The van der Waals surface area contributed by atoms with E-state index in [1.807, 2.05) is 13.8 Å². The quantitative estimate of drug-likeness (QED) is 0.891. The second-order valence-corrected chi connectivity index (χ2v) is 5.26. The molecule has 0 aliphatic carbocycles. The average Bonchev–Trinajstić information content (AvgIpc) is 2.30. The van der Waals surface area contributed by atoms with Crippen LogP contribution in [-0.2, 0) is 11.0 Å². The molecule has 20 heavy (non-hydrogen) atoms. The molecule has 0 bridgehead atoms. The second-order valence-electron chi connectivity index (χ2n) is 4.85. The SMILES string of the molecule is CC(C)C(N)CC(=O)Nc1cc(C(F)(F)F)ccc1Cl. The summed E-state index contributed by atoms with van der Waals surface area (Å²) < 4.78 is 37.7. The van der Waals surface area contributed by atoms with E-state index in [2.05, 4.69) is 5.32 Å². The predicted molar refractivity (Wildman–Crippen MR) is 72.5 cm³/mol. The van der Waals surface area contributed by atoms with Crippen LogP contribution in [0, 0.1) is 5.92 Å². The van der Waals surface area contributed by atoms with Crippen LogP contribution in [0.3, 0.4) is 0 Å². The van der Waals surface area contributed by atoms with Crippen molar-refractivity contribution in [3.63, 3.8) is 0 Å². The first-order valence-corrected chi connectivity index (χ1v) is 6.41. The maximum Gasteiger partial charge on any atom is 0.416 e. The van der Waals surface area contributed by atoms with Gasteiger partial charge in [0.25, 0.3) is 0 Å². The Balaban J connectivity index is 2.84. The van der Waals surface area contributed by atoms with Gasteiger partial charge >= 0.3 is 6.18 Å². The number of anilines is 1. The highest BCUT2D eigenvalue weighted by molar-refractivity contribution is 6.33. The van der Waals surface area contributed by atoms with Crippen LogP contribution in [0.15, 0.2) is 18.2 Å². The third kappa shape index (κ3) is 4.68.